The highest BCUT2D eigenvalue weighted by molar-refractivity contribution is 7.48. The Kier molecular flexibility index (Phi) is 13.4. The van der Waals surface area contributed by atoms with E-state index in [1.807, 2.05) is 6.92 Å². The van der Waals surface area contributed by atoms with Crippen molar-refractivity contribution in [3.8, 4) is 0 Å². The van der Waals surface area contributed by atoms with Gasteiger partial charge in [0.05, 0.1) is 19.3 Å². The highest BCUT2D eigenvalue weighted by Gasteiger charge is 2.48. The molecule has 0 aliphatic carbocycles. The summed E-state index contributed by atoms with van der Waals surface area (Å²) in [4.78, 5) is 0. The number of ether oxygens (including phenoxy) is 3. The smallest absolute Gasteiger partial charge is 0.382 e. The summed E-state index contributed by atoms with van der Waals surface area (Å²) in [6, 6.07) is -0.233. The van der Waals surface area contributed by atoms with Crippen molar-refractivity contribution in [3.63, 3.8) is 0 Å². The Morgan fingerprint density at radius 2 is 1.81 bits per heavy atom. The number of hydrogen-bond acceptors (Lipinski definition) is 8. The van der Waals surface area contributed by atoms with E-state index in [1.165, 1.54) is 7.11 Å². The van der Waals surface area contributed by atoms with Crippen LogP contribution in [0.3, 0.4) is 0 Å². The van der Waals surface area contributed by atoms with E-state index in [-0.39, 0.29) is 19.3 Å². The fourth-order valence-electron chi connectivity index (χ4n) is 3.95. The lowest BCUT2D eigenvalue weighted by Gasteiger charge is -2.30. The van der Waals surface area contributed by atoms with Crippen molar-refractivity contribution >= 4 is 15.7 Å². The minimum atomic E-state index is -3.76. The zero-order valence-electron chi connectivity index (χ0n) is 20.5. The van der Waals surface area contributed by atoms with Gasteiger partial charge in [-0.1, -0.05) is 27.7 Å². The van der Waals surface area contributed by atoms with Crippen LogP contribution in [0.1, 0.15) is 54.4 Å². The lowest BCUT2D eigenvalue weighted by molar-refractivity contribution is -0.0678. The Morgan fingerprint density at radius 1 is 1.13 bits per heavy atom. The van der Waals surface area contributed by atoms with E-state index < -0.39 is 32.1 Å². The Hall–Kier alpha value is 0.0149. The van der Waals surface area contributed by atoms with Crippen LogP contribution in [-0.2, 0) is 32.3 Å². The number of nitrogens with one attached hydrogen (secondary N) is 1. The molecule has 1 aliphatic rings. The average molecular weight is 463 g/mol. The van der Waals surface area contributed by atoms with Gasteiger partial charge in [0.25, 0.3) is 0 Å². The Morgan fingerprint density at radius 3 is 2.32 bits per heavy atom. The van der Waals surface area contributed by atoms with Gasteiger partial charge in [-0.3, -0.25) is 13.6 Å². The number of rotatable bonds is 16. The van der Waals surface area contributed by atoms with Crippen molar-refractivity contribution in [2.24, 2.45) is 11.8 Å². The van der Waals surface area contributed by atoms with E-state index >= 15 is 0 Å². The van der Waals surface area contributed by atoms with Crippen LogP contribution in [0.2, 0.25) is 0 Å². The SMILES string of the molecule is [B][C@@H]1O[C@H](COC)C(OP(=O)(OC)OCC)C1OC(C)CC(C)CN[C@@H](CC)C(C)C. The fraction of sp³-hybridized carbons (Fsp3) is 1.00. The predicted molar refractivity (Wildman–Crippen MR) is 122 cm³/mol. The van der Waals surface area contributed by atoms with Crippen molar-refractivity contribution in [2.75, 3.05) is 34.0 Å². The molecule has 1 N–H and O–H groups in total. The molecular formula is C21H43BNO7P. The van der Waals surface area contributed by atoms with Gasteiger partial charge in [-0.05, 0) is 45.1 Å². The number of phosphoric ester groups is 1. The quantitative estimate of drug-likeness (QED) is 0.275. The van der Waals surface area contributed by atoms with Crippen molar-refractivity contribution in [1.82, 2.24) is 5.32 Å². The van der Waals surface area contributed by atoms with Gasteiger partial charge in [-0.2, -0.15) is 0 Å². The molecule has 8 atom stereocenters. The summed E-state index contributed by atoms with van der Waals surface area (Å²) in [6.45, 7) is 13.9. The molecular weight excluding hydrogens is 420 g/mol. The van der Waals surface area contributed by atoms with Crippen LogP contribution >= 0.6 is 7.82 Å². The molecule has 2 radical (unpaired) electrons. The molecule has 1 heterocycles. The molecule has 0 aromatic rings. The van der Waals surface area contributed by atoms with Gasteiger partial charge >= 0.3 is 7.82 Å². The van der Waals surface area contributed by atoms with Crippen molar-refractivity contribution in [3.05, 3.63) is 0 Å². The van der Waals surface area contributed by atoms with E-state index in [0.29, 0.717) is 17.9 Å². The maximum Gasteiger partial charge on any atom is 0.474 e. The lowest BCUT2D eigenvalue weighted by atomic mass is 9.92. The molecule has 1 saturated heterocycles. The zero-order valence-corrected chi connectivity index (χ0v) is 21.4. The largest absolute Gasteiger partial charge is 0.474 e. The summed E-state index contributed by atoms with van der Waals surface area (Å²) in [5.41, 5.74) is 0. The second-order valence-electron chi connectivity index (χ2n) is 8.63. The van der Waals surface area contributed by atoms with Gasteiger partial charge in [0.2, 0.25) is 0 Å². The summed E-state index contributed by atoms with van der Waals surface area (Å²) in [5.74, 6) is 1.00. The van der Waals surface area contributed by atoms with E-state index in [4.69, 9.17) is 35.6 Å². The van der Waals surface area contributed by atoms with Crippen molar-refractivity contribution in [2.45, 2.75) is 90.8 Å². The molecule has 0 bridgehead atoms. The van der Waals surface area contributed by atoms with Crippen LogP contribution in [0.25, 0.3) is 0 Å². The van der Waals surface area contributed by atoms with Gasteiger partial charge in [0.1, 0.15) is 26.2 Å². The molecule has 0 amide bonds. The minimum absolute atomic E-state index is 0.100. The number of phosphoric acid groups is 1. The first-order chi connectivity index (χ1) is 14.6. The molecule has 1 fully saturated rings. The molecule has 31 heavy (non-hydrogen) atoms. The van der Waals surface area contributed by atoms with Gasteiger partial charge in [0.15, 0.2) is 0 Å². The first-order valence-corrected chi connectivity index (χ1v) is 12.8. The minimum Gasteiger partial charge on any atom is -0.382 e. The summed E-state index contributed by atoms with van der Waals surface area (Å²) < 4.78 is 46.0. The fourth-order valence-corrected chi connectivity index (χ4v) is 5.07. The van der Waals surface area contributed by atoms with Gasteiger partial charge in [0, 0.05) is 26.3 Å². The van der Waals surface area contributed by atoms with Crippen molar-refractivity contribution < 1.29 is 32.3 Å². The highest BCUT2D eigenvalue weighted by Crippen LogP contribution is 2.51. The van der Waals surface area contributed by atoms with Crippen molar-refractivity contribution in [1.29, 1.82) is 0 Å². The third-order valence-corrected chi connectivity index (χ3v) is 7.06. The highest BCUT2D eigenvalue weighted by atomic mass is 31.2. The molecule has 1 rings (SSSR count). The van der Waals surface area contributed by atoms with E-state index in [0.717, 1.165) is 19.4 Å². The first-order valence-electron chi connectivity index (χ1n) is 11.4. The molecule has 182 valence electrons. The number of hydrogen-bond donors (Lipinski definition) is 1. The molecule has 0 saturated carbocycles. The standard InChI is InChI=1S/C21H43BNO7P/c1-9-17(14(3)4)23-12-15(5)11-16(6)28-20-19(18(13-25-7)29-21(20)22)30-31(24,26-8)27-10-2/h14-21,23H,9-13H2,1-8H3/t15?,16?,17-,18+,19?,20?,21+,31?/m0/s1. The summed E-state index contributed by atoms with van der Waals surface area (Å²) in [7, 11) is 5.26. The second-order valence-corrected chi connectivity index (χ2v) is 10.4. The molecule has 0 aromatic heterocycles. The van der Waals surface area contributed by atoms with Crippen LogP contribution in [-0.4, -0.2) is 78.3 Å². The molecule has 8 nitrogen and oxygen atoms in total. The van der Waals surface area contributed by atoms with Gasteiger partial charge in [-0.25, -0.2) is 4.57 Å². The van der Waals surface area contributed by atoms with Crippen LogP contribution in [0.15, 0.2) is 0 Å². The predicted octanol–water partition coefficient (Wildman–Crippen LogP) is 3.53. The Labute approximate surface area is 190 Å². The maximum atomic E-state index is 12.8. The van der Waals surface area contributed by atoms with E-state index in [9.17, 15) is 4.57 Å². The monoisotopic (exact) mass is 463 g/mol. The molecule has 5 unspecified atom stereocenters. The van der Waals surface area contributed by atoms with Crippen LogP contribution in [0, 0.1) is 11.8 Å². The van der Waals surface area contributed by atoms with E-state index in [2.05, 4.69) is 33.0 Å². The van der Waals surface area contributed by atoms with Crippen LogP contribution in [0.5, 0.6) is 0 Å². The number of methoxy groups -OCH3 is 1. The third-order valence-electron chi connectivity index (χ3n) is 5.54. The third kappa shape index (κ3) is 9.42. The summed E-state index contributed by atoms with van der Waals surface area (Å²) in [6.07, 6.45) is -0.0791. The van der Waals surface area contributed by atoms with Gasteiger partial charge in [-0.15, -0.1) is 0 Å². The van der Waals surface area contributed by atoms with Crippen LogP contribution < -0.4 is 5.32 Å². The molecule has 0 aromatic carbocycles. The molecule has 10 heteroatoms. The zero-order chi connectivity index (χ0) is 23.6. The van der Waals surface area contributed by atoms with Gasteiger partial charge < -0.3 is 19.5 Å². The van der Waals surface area contributed by atoms with Crippen LogP contribution in [0.4, 0.5) is 0 Å². The first kappa shape index (κ1) is 29.0. The average Bonchev–Trinajstić information content (AvgIpc) is 2.97. The summed E-state index contributed by atoms with van der Waals surface area (Å²) in [5, 5.41) is 3.65. The molecule has 0 spiro atoms. The Balaban J connectivity index is 2.76. The second kappa shape index (κ2) is 14.3. The normalized spacial score (nSPS) is 29.1. The molecule has 1 aliphatic heterocycles. The lowest BCUT2D eigenvalue weighted by Crippen LogP contribution is -2.41. The Bertz CT molecular complexity index is 542. The maximum absolute atomic E-state index is 12.8. The summed E-state index contributed by atoms with van der Waals surface area (Å²) >= 11 is 0. The van der Waals surface area contributed by atoms with E-state index in [1.54, 1.807) is 14.0 Å². The topological polar surface area (TPSA) is 84.5 Å².